The number of likely N-dealkylation sites (N-methyl/N-ethyl adjacent to an activating group) is 1. The Balaban J connectivity index is 1.44. The largest absolute Gasteiger partial charge is 0.496 e. The maximum Gasteiger partial charge on any atom is 0.140 e. The second kappa shape index (κ2) is 9.14. The van der Waals surface area contributed by atoms with Crippen molar-refractivity contribution in [2.24, 2.45) is 0 Å². The Bertz CT molecular complexity index is 1140. The summed E-state index contributed by atoms with van der Waals surface area (Å²) in [6, 6.07) is 11.2. The highest BCUT2D eigenvalue weighted by Gasteiger charge is 2.30. The predicted molar refractivity (Wildman–Crippen MR) is 129 cm³/mol. The number of halogens is 1. The molecule has 33 heavy (non-hydrogen) atoms. The highest BCUT2D eigenvalue weighted by molar-refractivity contribution is 5.92. The molecular formula is C26H31FN4O2. The minimum atomic E-state index is -0.268. The Morgan fingerprint density at radius 2 is 1.85 bits per heavy atom. The van der Waals surface area contributed by atoms with Crippen LogP contribution in [-0.2, 0) is 0 Å². The number of rotatable bonds is 7. The first-order valence-electron chi connectivity index (χ1n) is 11.8. The molecule has 3 aromatic rings. The summed E-state index contributed by atoms with van der Waals surface area (Å²) in [7, 11) is 3.59. The molecular weight excluding hydrogens is 419 g/mol. The third kappa shape index (κ3) is 4.47. The van der Waals surface area contributed by atoms with Crippen molar-refractivity contribution in [1.82, 2.24) is 9.97 Å². The predicted octanol–water partition coefficient (Wildman–Crippen LogP) is 4.47. The minimum absolute atomic E-state index is 0.110. The third-order valence-corrected chi connectivity index (χ3v) is 6.93. The molecule has 0 unspecified atom stereocenters. The molecule has 0 radical (unpaired) electrons. The van der Waals surface area contributed by atoms with Gasteiger partial charge in [0.1, 0.15) is 23.2 Å². The van der Waals surface area contributed by atoms with Gasteiger partial charge in [-0.2, -0.15) is 0 Å². The van der Waals surface area contributed by atoms with E-state index < -0.39 is 0 Å². The number of anilines is 2. The molecule has 1 N–H and O–H groups in total. The van der Waals surface area contributed by atoms with Gasteiger partial charge in [-0.3, -0.25) is 0 Å². The van der Waals surface area contributed by atoms with Crippen LogP contribution in [0.3, 0.4) is 0 Å². The maximum absolute atomic E-state index is 13.7. The monoisotopic (exact) mass is 450 g/mol. The number of hydrogen-bond acceptors (Lipinski definition) is 6. The van der Waals surface area contributed by atoms with Crippen LogP contribution >= 0.6 is 0 Å². The van der Waals surface area contributed by atoms with E-state index in [2.05, 4.69) is 23.1 Å². The van der Waals surface area contributed by atoms with Crippen LogP contribution in [-0.4, -0.2) is 55.5 Å². The second-order valence-corrected chi connectivity index (χ2v) is 9.17. The molecule has 1 aromatic heterocycles. The average molecular weight is 451 g/mol. The summed E-state index contributed by atoms with van der Waals surface area (Å²) in [5.74, 6) is 3.13. The van der Waals surface area contributed by atoms with Crippen molar-refractivity contribution in [2.45, 2.75) is 37.5 Å². The molecule has 1 saturated carbocycles. The van der Waals surface area contributed by atoms with Crippen molar-refractivity contribution in [2.75, 3.05) is 50.2 Å². The summed E-state index contributed by atoms with van der Waals surface area (Å²) < 4.78 is 19.1. The van der Waals surface area contributed by atoms with E-state index in [1.165, 1.54) is 12.1 Å². The zero-order valence-electron chi connectivity index (χ0n) is 19.3. The summed E-state index contributed by atoms with van der Waals surface area (Å²) in [6.07, 6.45) is 4.23. The topological polar surface area (TPSA) is 61.7 Å². The molecule has 0 amide bonds. The van der Waals surface area contributed by atoms with Crippen LogP contribution < -0.4 is 14.5 Å². The van der Waals surface area contributed by atoms with E-state index in [9.17, 15) is 9.50 Å². The van der Waals surface area contributed by atoms with Gasteiger partial charge in [0.2, 0.25) is 0 Å². The Hall–Kier alpha value is -2.93. The maximum atomic E-state index is 13.7. The fourth-order valence-corrected chi connectivity index (χ4v) is 4.82. The molecule has 6 nitrogen and oxygen atoms in total. The standard InChI is InChI=1S/C26H31FN4O2/c1-30(13-14-32)20-6-8-23-22(16-20)26(29-25(28-23)18-3-4-18)31-11-9-17(10-12-31)21-7-5-19(27)15-24(21)33-2/h5-8,15-18,32H,3-4,9-14H2,1-2H3. The minimum Gasteiger partial charge on any atom is -0.496 e. The number of piperidine rings is 1. The van der Waals surface area contributed by atoms with Gasteiger partial charge in [-0.05, 0) is 61.4 Å². The molecule has 0 spiro atoms. The van der Waals surface area contributed by atoms with Gasteiger partial charge in [-0.25, -0.2) is 14.4 Å². The molecule has 2 heterocycles. The van der Waals surface area contributed by atoms with Crippen molar-refractivity contribution in [1.29, 1.82) is 0 Å². The van der Waals surface area contributed by atoms with E-state index in [-0.39, 0.29) is 12.4 Å². The van der Waals surface area contributed by atoms with E-state index in [1.54, 1.807) is 7.11 Å². The lowest BCUT2D eigenvalue weighted by atomic mass is 9.88. The zero-order valence-corrected chi connectivity index (χ0v) is 19.3. The average Bonchev–Trinajstić information content (AvgIpc) is 3.69. The molecule has 0 atom stereocenters. The van der Waals surface area contributed by atoms with Gasteiger partial charge in [0, 0.05) is 49.7 Å². The molecule has 0 bridgehead atoms. The molecule has 1 aliphatic carbocycles. The Morgan fingerprint density at radius 1 is 1.06 bits per heavy atom. The lowest BCUT2D eigenvalue weighted by Gasteiger charge is -2.34. The Kier molecular flexibility index (Phi) is 6.06. The fourth-order valence-electron chi connectivity index (χ4n) is 4.82. The summed E-state index contributed by atoms with van der Waals surface area (Å²) in [4.78, 5) is 14.3. The SMILES string of the molecule is COc1cc(F)ccc1C1CCN(c2nc(C3CC3)nc3ccc(N(C)CCO)cc23)CC1. The highest BCUT2D eigenvalue weighted by atomic mass is 19.1. The zero-order chi connectivity index (χ0) is 22.9. The molecule has 174 valence electrons. The van der Waals surface area contributed by atoms with Gasteiger partial charge in [-0.1, -0.05) is 6.07 Å². The van der Waals surface area contributed by atoms with Gasteiger partial charge in [-0.15, -0.1) is 0 Å². The number of aliphatic hydroxyl groups is 1. The summed E-state index contributed by atoms with van der Waals surface area (Å²) in [5, 5.41) is 10.4. The number of aliphatic hydroxyl groups excluding tert-OH is 1. The van der Waals surface area contributed by atoms with Gasteiger partial charge in [0.25, 0.3) is 0 Å². The smallest absolute Gasteiger partial charge is 0.140 e. The van der Waals surface area contributed by atoms with Crippen LogP contribution in [0.2, 0.25) is 0 Å². The quantitative estimate of drug-likeness (QED) is 0.573. The molecule has 2 aromatic carbocycles. The van der Waals surface area contributed by atoms with Crippen LogP contribution in [0.15, 0.2) is 36.4 Å². The van der Waals surface area contributed by atoms with Gasteiger partial charge >= 0.3 is 0 Å². The summed E-state index contributed by atoms with van der Waals surface area (Å²) >= 11 is 0. The lowest BCUT2D eigenvalue weighted by molar-refractivity contribution is 0.304. The van der Waals surface area contributed by atoms with E-state index in [0.29, 0.717) is 24.1 Å². The second-order valence-electron chi connectivity index (χ2n) is 9.17. The molecule has 2 fully saturated rings. The lowest BCUT2D eigenvalue weighted by Crippen LogP contribution is -2.34. The van der Waals surface area contributed by atoms with E-state index in [4.69, 9.17) is 14.7 Å². The number of nitrogens with zero attached hydrogens (tertiary/aromatic N) is 4. The number of fused-ring (bicyclic) bond motifs is 1. The fraction of sp³-hybridized carbons (Fsp3) is 0.462. The van der Waals surface area contributed by atoms with Gasteiger partial charge in [0.15, 0.2) is 0 Å². The molecule has 2 aliphatic rings. The molecule has 7 heteroatoms. The van der Waals surface area contributed by atoms with E-state index in [1.807, 2.05) is 18.0 Å². The first kappa shape index (κ1) is 21.9. The van der Waals surface area contributed by atoms with Crippen molar-refractivity contribution in [3.8, 4) is 5.75 Å². The first-order chi connectivity index (χ1) is 16.1. The van der Waals surface area contributed by atoms with Crippen molar-refractivity contribution < 1.29 is 14.2 Å². The number of hydrogen-bond donors (Lipinski definition) is 1. The van der Waals surface area contributed by atoms with Gasteiger partial charge in [0.05, 0.1) is 19.2 Å². The number of benzene rings is 2. The number of aromatic nitrogens is 2. The van der Waals surface area contributed by atoms with Crippen LogP contribution in [0.1, 0.15) is 48.9 Å². The van der Waals surface area contributed by atoms with Crippen LogP contribution in [0.4, 0.5) is 15.9 Å². The van der Waals surface area contributed by atoms with Crippen molar-refractivity contribution >= 4 is 22.4 Å². The normalized spacial score (nSPS) is 16.9. The van der Waals surface area contributed by atoms with Crippen LogP contribution in [0.5, 0.6) is 5.75 Å². The Labute approximate surface area is 194 Å². The van der Waals surface area contributed by atoms with Crippen molar-refractivity contribution in [3.05, 3.63) is 53.6 Å². The van der Waals surface area contributed by atoms with Crippen LogP contribution in [0.25, 0.3) is 10.9 Å². The van der Waals surface area contributed by atoms with Crippen molar-refractivity contribution in [3.63, 3.8) is 0 Å². The first-order valence-corrected chi connectivity index (χ1v) is 11.8. The van der Waals surface area contributed by atoms with Crippen LogP contribution in [0, 0.1) is 5.82 Å². The molecule has 5 rings (SSSR count). The molecule has 1 aliphatic heterocycles. The number of ether oxygens (including phenoxy) is 1. The van der Waals surface area contributed by atoms with Gasteiger partial charge < -0.3 is 19.6 Å². The van der Waals surface area contributed by atoms with E-state index in [0.717, 1.165) is 72.6 Å². The molecule has 1 saturated heterocycles. The third-order valence-electron chi connectivity index (χ3n) is 6.93. The van der Waals surface area contributed by atoms with E-state index >= 15 is 0 Å². The summed E-state index contributed by atoms with van der Waals surface area (Å²) in [5.41, 5.74) is 3.11. The highest BCUT2D eigenvalue weighted by Crippen LogP contribution is 2.41. The summed E-state index contributed by atoms with van der Waals surface area (Å²) in [6.45, 7) is 2.43. The Morgan fingerprint density at radius 3 is 2.55 bits per heavy atom. The number of methoxy groups -OCH3 is 1.